The van der Waals surface area contributed by atoms with Gasteiger partial charge in [0.2, 0.25) is 11.8 Å². The van der Waals surface area contributed by atoms with Gasteiger partial charge < -0.3 is 0 Å². The van der Waals surface area contributed by atoms with E-state index in [1.165, 1.54) is 0 Å². The van der Waals surface area contributed by atoms with Crippen LogP contribution in [0.25, 0.3) is 5.52 Å². The number of rotatable bonds is 4. The van der Waals surface area contributed by atoms with Crippen molar-refractivity contribution in [3.8, 4) is 0 Å². The number of amides is 1. The number of fused-ring (bicyclic) bond motifs is 1. The second-order valence-corrected chi connectivity index (χ2v) is 8.60. The van der Waals surface area contributed by atoms with Crippen LogP contribution in [0.5, 0.6) is 0 Å². The zero-order valence-corrected chi connectivity index (χ0v) is 15.3. The van der Waals surface area contributed by atoms with Crippen molar-refractivity contribution in [1.29, 1.82) is 0 Å². The molecule has 1 fully saturated rings. The molecule has 9 nitrogen and oxygen atoms in total. The monoisotopic (exact) mass is 386 g/mol. The number of carbonyl (C=O) groups is 1. The molecule has 0 unspecified atom stereocenters. The minimum absolute atomic E-state index is 0.150. The van der Waals surface area contributed by atoms with Crippen LogP contribution >= 0.6 is 0 Å². The molecular formula is C17H18N6O3S. The van der Waals surface area contributed by atoms with Crippen LogP contribution in [0.3, 0.4) is 0 Å². The first-order valence-electron chi connectivity index (χ1n) is 8.49. The minimum atomic E-state index is -2.94. The van der Waals surface area contributed by atoms with Gasteiger partial charge in [0.05, 0.1) is 22.7 Å². The Hall–Kier alpha value is -2.85. The van der Waals surface area contributed by atoms with E-state index >= 15 is 0 Å². The summed E-state index contributed by atoms with van der Waals surface area (Å²) in [6, 6.07) is 7.25. The van der Waals surface area contributed by atoms with Crippen LogP contribution in [0.4, 0.5) is 5.95 Å². The second kappa shape index (κ2) is 7.05. The molecule has 1 amide bonds. The van der Waals surface area contributed by atoms with Crippen molar-refractivity contribution >= 4 is 27.2 Å². The molecule has 27 heavy (non-hydrogen) atoms. The van der Waals surface area contributed by atoms with E-state index in [1.54, 1.807) is 29.1 Å². The highest BCUT2D eigenvalue weighted by Crippen LogP contribution is 2.17. The Labute approximate surface area is 156 Å². The first-order valence-corrected chi connectivity index (χ1v) is 10.3. The Balaban J connectivity index is 1.60. The molecule has 10 heteroatoms. The number of pyridine rings is 1. The molecule has 3 aromatic rings. The largest absolute Gasteiger partial charge is 0.295 e. The van der Waals surface area contributed by atoms with E-state index in [-0.39, 0.29) is 23.3 Å². The van der Waals surface area contributed by atoms with Gasteiger partial charge in [-0.05, 0) is 18.2 Å². The third-order valence-electron chi connectivity index (χ3n) is 4.43. The molecule has 3 aromatic heterocycles. The fraction of sp³-hybridized carbons (Fsp3) is 0.294. The highest BCUT2D eigenvalue weighted by Gasteiger charge is 2.24. The standard InChI is InChI=1S/C17H18N6O3S/c24-16(21-17-18-5-3-6-19-17)15-20-13(14-4-1-2-7-23(14)15)12-22-8-10-27(25,26)11-9-22/h1-7H,8-12H2,(H,18,19,21,24). The quantitative estimate of drug-likeness (QED) is 0.699. The highest BCUT2D eigenvalue weighted by molar-refractivity contribution is 7.91. The van der Waals surface area contributed by atoms with Gasteiger partial charge in [-0.25, -0.2) is 23.4 Å². The van der Waals surface area contributed by atoms with Gasteiger partial charge in [0.25, 0.3) is 5.91 Å². The fourth-order valence-electron chi connectivity index (χ4n) is 3.02. The molecule has 4 heterocycles. The summed E-state index contributed by atoms with van der Waals surface area (Å²) in [5.41, 5.74) is 1.54. The zero-order valence-electron chi connectivity index (χ0n) is 14.4. The van der Waals surface area contributed by atoms with E-state index in [1.807, 2.05) is 23.1 Å². The number of anilines is 1. The summed E-state index contributed by atoms with van der Waals surface area (Å²) in [5, 5.41) is 2.64. The zero-order chi connectivity index (χ0) is 18.9. The van der Waals surface area contributed by atoms with Crippen molar-refractivity contribution in [1.82, 2.24) is 24.3 Å². The maximum Gasteiger partial charge on any atom is 0.294 e. The summed E-state index contributed by atoms with van der Waals surface area (Å²) in [6.07, 6.45) is 4.86. The summed E-state index contributed by atoms with van der Waals surface area (Å²) < 4.78 is 25.0. The summed E-state index contributed by atoms with van der Waals surface area (Å²) in [5.74, 6) is 0.333. The molecule has 0 atom stereocenters. The van der Waals surface area contributed by atoms with Gasteiger partial charge in [0.15, 0.2) is 9.84 Å². The van der Waals surface area contributed by atoms with Crippen LogP contribution in [0.15, 0.2) is 42.9 Å². The molecule has 0 saturated carbocycles. The van der Waals surface area contributed by atoms with Gasteiger partial charge in [-0.3, -0.25) is 19.4 Å². The number of sulfone groups is 1. The normalized spacial score (nSPS) is 17.0. The Morgan fingerprint density at radius 3 is 2.59 bits per heavy atom. The van der Waals surface area contributed by atoms with Crippen molar-refractivity contribution in [2.45, 2.75) is 6.54 Å². The Kier molecular flexibility index (Phi) is 4.58. The minimum Gasteiger partial charge on any atom is -0.295 e. The average Bonchev–Trinajstić information content (AvgIpc) is 3.03. The lowest BCUT2D eigenvalue weighted by Gasteiger charge is -2.25. The van der Waals surface area contributed by atoms with Gasteiger partial charge in [-0.2, -0.15) is 0 Å². The number of hydrogen-bond acceptors (Lipinski definition) is 7. The van der Waals surface area contributed by atoms with Crippen LogP contribution in [-0.4, -0.2) is 63.2 Å². The van der Waals surface area contributed by atoms with E-state index in [0.717, 1.165) is 11.2 Å². The van der Waals surface area contributed by atoms with Crippen LogP contribution in [0, 0.1) is 0 Å². The van der Waals surface area contributed by atoms with Crippen molar-refractivity contribution in [3.05, 3.63) is 54.4 Å². The molecule has 0 aliphatic carbocycles. The summed E-state index contributed by atoms with van der Waals surface area (Å²) >= 11 is 0. The van der Waals surface area contributed by atoms with Gasteiger partial charge in [-0.1, -0.05) is 6.07 Å². The molecule has 1 aliphatic heterocycles. The van der Waals surface area contributed by atoms with Crippen LogP contribution in [-0.2, 0) is 16.4 Å². The molecule has 1 aliphatic rings. The Bertz CT molecular complexity index is 1070. The van der Waals surface area contributed by atoms with Crippen molar-refractivity contribution in [2.75, 3.05) is 29.9 Å². The molecule has 4 rings (SSSR count). The van der Waals surface area contributed by atoms with Crippen LogP contribution in [0.2, 0.25) is 0 Å². The topological polar surface area (TPSA) is 110 Å². The molecular weight excluding hydrogens is 368 g/mol. The first-order chi connectivity index (χ1) is 13.0. The number of hydrogen-bond donors (Lipinski definition) is 1. The summed E-state index contributed by atoms with van der Waals surface area (Å²) in [6.45, 7) is 1.42. The van der Waals surface area contributed by atoms with Crippen molar-refractivity contribution < 1.29 is 13.2 Å². The molecule has 1 N–H and O–H groups in total. The first kappa shape index (κ1) is 17.6. The number of aromatic nitrogens is 4. The third-order valence-corrected chi connectivity index (χ3v) is 6.04. The van der Waals surface area contributed by atoms with Crippen LogP contribution in [0.1, 0.15) is 16.3 Å². The molecule has 1 saturated heterocycles. The number of nitrogens with zero attached hydrogens (tertiary/aromatic N) is 5. The lowest BCUT2D eigenvalue weighted by molar-refractivity contribution is 0.101. The van der Waals surface area contributed by atoms with Gasteiger partial charge in [0, 0.05) is 38.2 Å². The highest BCUT2D eigenvalue weighted by atomic mass is 32.2. The smallest absolute Gasteiger partial charge is 0.294 e. The van der Waals surface area contributed by atoms with Crippen molar-refractivity contribution in [2.24, 2.45) is 0 Å². The summed E-state index contributed by atoms with van der Waals surface area (Å²) in [4.78, 5) is 27.2. The van der Waals surface area contributed by atoms with E-state index in [4.69, 9.17) is 0 Å². The molecule has 0 spiro atoms. The SMILES string of the molecule is O=C(Nc1ncccn1)c1nc(CN2CCS(=O)(=O)CC2)c2ccccn12. The van der Waals surface area contributed by atoms with Gasteiger partial charge in [0.1, 0.15) is 0 Å². The lowest BCUT2D eigenvalue weighted by atomic mass is 10.3. The second-order valence-electron chi connectivity index (χ2n) is 6.29. The van der Waals surface area contributed by atoms with E-state index in [0.29, 0.717) is 19.6 Å². The maximum absolute atomic E-state index is 12.7. The molecule has 0 bridgehead atoms. The third kappa shape index (κ3) is 3.81. The number of carbonyl (C=O) groups excluding carboxylic acids is 1. The Morgan fingerprint density at radius 2 is 1.85 bits per heavy atom. The van der Waals surface area contributed by atoms with Crippen LogP contribution < -0.4 is 5.32 Å². The molecule has 0 radical (unpaired) electrons. The predicted molar refractivity (Wildman–Crippen MR) is 99.1 cm³/mol. The Morgan fingerprint density at radius 1 is 1.11 bits per heavy atom. The number of imidazole rings is 1. The molecule has 0 aromatic carbocycles. The van der Waals surface area contributed by atoms with Gasteiger partial charge in [-0.15, -0.1) is 0 Å². The average molecular weight is 386 g/mol. The van der Waals surface area contributed by atoms with Gasteiger partial charge >= 0.3 is 0 Å². The predicted octanol–water partition coefficient (Wildman–Crippen LogP) is 0.607. The van der Waals surface area contributed by atoms with E-state index < -0.39 is 15.7 Å². The molecule has 140 valence electrons. The van der Waals surface area contributed by atoms with Crippen molar-refractivity contribution in [3.63, 3.8) is 0 Å². The van der Waals surface area contributed by atoms with E-state index in [9.17, 15) is 13.2 Å². The fourth-order valence-corrected chi connectivity index (χ4v) is 4.30. The maximum atomic E-state index is 12.7. The summed E-state index contributed by atoms with van der Waals surface area (Å²) in [7, 11) is -2.94. The lowest BCUT2D eigenvalue weighted by Crippen LogP contribution is -2.39. The number of nitrogens with one attached hydrogen (secondary N) is 1. The van der Waals surface area contributed by atoms with E-state index in [2.05, 4.69) is 20.3 Å².